The second-order valence-corrected chi connectivity index (χ2v) is 5.87. The normalized spacial score (nSPS) is 20.3. The highest BCUT2D eigenvalue weighted by atomic mass is 16.2. The number of piperazine rings is 1. The van der Waals surface area contributed by atoms with Crippen LogP contribution in [0, 0.1) is 0 Å². The van der Waals surface area contributed by atoms with Gasteiger partial charge in [-0.05, 0) is 32.8 Å². The molecule has 0 saturated carbocycles. The standard InChI is InChI=1S/C15H22N4O2/c1-5-15(6-2)12(20)18-14(3,4)13(21)19(15)10-11-16-8-7-9-17-11/h7-9H,5-6,10H2,1-4H3,(H,18,20). The molecule has 0 unspecified atom stereocenters. The van der Waals surface area contributed by atoms with Gasteiger partial charge in [0.1, 0.15) is 16.9 Å². The van der Waals surface area contributed by atoms with E-state index in [1.54, 1.807) is 37.2 Å². The number of aromatic nitrogens is 2. The first-order chi connectivity index (χ1) is 9.87. The maximum Gasteiger partial charge on any atom is 0.249 e. The lowest BCUT2D eigenvalue weighted by Gasteiger charge is -2.50. The Morgan fingerprint density at radius 1 is 1.14 bits per heavy atom. The molecule has 0 bridgehead atoms. The summed E-state index contributed by atoms with van der Waals surface area (Å²) in [6.45, 7) is 7.54. The summed E-state index contributed by atoms with van der Waals surface area (Å²) < 4.78 is 0. The lowest BCUT2D eigenvalue weighted by Crippen LogP contribution is -2.73. The van der Waals surface area contributed by atoms with Crippen LogP contribution in [0.15, 0.2) is 18.5 Å². The van der Waals surface area contributed by atoms with Crippen molar-refractivity contribution in [3.63, 3.8) is 0 Å². The van der Waals surface area contributed by atoms with E-state index in [4.69, 9.17) is 0 Å². The van der Waals surface area contributed by atoms with Gasteiger partial charge < -0.3 is 10.2 Å². The second-order valence-electron chi connectivity index (χ2n) is 5.87. The van der Waals surface area contributed by atoms with Crippen molar-refractivity contribution in [1.82, 2.24) is 20.2 Å². The lowest BCUT2D eigenvalue weighted by molar-refractivity contribution is -0.163. The molecule has 2 heterocycles. The molecule has 6 heteroatoms. The Bertz CT molecular complexity index is 538. The van der Waals surface area contributed by atoms with Gasteiger partial charge in [-0.3, -0.25) is 9.59 Å². The molecule has 0 aromatic carbocycles. The number of carbonyl (C=O) groups excluding carboxylic acids is 2. The number of carbonyl (C=O) groups is 2. The Hall–Kier alpha value is -1.98. The summed E-state index contributed by atoms with van der Waals surface area (Å²) in [7, 11) is 0. The minimum absolute atomic E-state index is 0.0988. The summed E-state index contributed by atoms with van der Waals surface area (Å²) in [5.74, 6) is 0.342. The maximum absolute atomic E-state index is 12.8. The van der Waals surface area contributed by atoms with Crippen molar-refractivity contribution in [1.29, 1.82) is 0 Å². The minimum atomic E-state index is -0.903. The van der Waals surface area contributed by atoms with E-state index in [0.29, 0.717) is 18.7 Å². The van der Waals surface area contributed by atoms with Crippen LogP contribution in [0.3, 0.4) is 0 Å². The minimum Gasteiger partial charge on any atom is -0.340 e. The predicted octanol–water partition coefficient (Wildman–Crippen LogP) is 1.27. The molecule has 0 aliphatic carbocycles. The first-order valence-corrected chi connectivity index (χ1v) is 7.28. The molecular weight excluding hydrogens is 268 g/mol. The van der Waals surface area contributed by atoms with E-state index in [0.717, 1.165) is 0 Å². The molecule has 1 N–H and O–H groups in total. The first kappa shape index (κ1) is 15.4. The molecule has 6 nitrogen and oxygen atoms in total. The number of hydrogen-bond acceptors (Lipinski definition) is 4. The summed E-state index contributed by atoms with van der Waals surface area (Å²) in [6, 6.07) is 1.73. The van der Waals surface area contributed by atoms with Crippen LogP contribution in [0.2, 0.25) is 0 Å². The molecule has 1 aliphatic rings. The van der Waals surface area contributed by atoms with Crippen molar-refractivity contribution >= 4 is 11.8 Å². The van der Waals surface area contributed by atoms with E-state index in [2.05, 4.69) is 15.3 Å². The molecule has 114 valence electrons. The summed E-state index contributed by atoms with van der Waals surface area (Å²) >= 11 is 0. The van der Waals surface area contributed by atoms with E-state index in [1.165, 1.54) is 0 Å². The third-order valence-corrected chi connectivity index (χ3v) is 4.23. The highest BCUT2D eigenvalue weighted by Crippen LogP contribution is 2.32. The molecule has 1 aromatic rings. The molecule has 2 rings (SSSR count). The van der Waals surface area contributed by atoms with Crippen LogP contribution in [0.5, 0.6) is 0 Å². The van der Waals surface area contributed by atoms with Gasteiger partial charge in [0, 0.05) is 12.4 Å². The zero-order chi connectivity index (χ0) is 15.7. The zero-order valence-corrected chi connectivity index (χ0v) is 13.0. The van der Waals surface area contributed by atoms with Gasteiger partial charge in [-0.15, -0.1) is 0 Å². The van der Waals surface area contributed by atoms with Gasteiger partial charge in [-0.2, -0.15) is 0 Å². The molecule has 0 radical (unpaired) electrons. The van der Waals surface area contributed by atoms with Gasteiger partial charge in [0.2, 0.25) is 11.8 Å². The Labute approximate surface area is 125 Å². The Morgan fingerprint density at radius 3 is 2.24 bits per heavy atom. The molecule has 2 amide bonds. The average molecular weight is 290 g/mol. The van der Waals surface area contributed by atoms with Crippen molar-refractivity contribution < 1.29 is 9.59 Å². The third-order valence-electron chi connectivity index (χ3n) is 4.23. The SMILES string of the molecule is CCC1(CC)C(=O)NC(C)(C)C(=O)N1Cc1ncccn1. The lowest BCUT2D eigenvalue weighted by atomic mass is 9.82. The second kappa shape index (κ2) is 5.42. The van der Waals surface area contributed by atoms with Gasteiger partial charge in [0.05, 0.1) is 6.54 Å². The van der Waals surface area contributed by atoms with Crippen LogP contribution in [0.4, 0.5) is 0 Å². The van der Waals surface area contributed by atoms with Crippen LogP contribution in [-0.2, 0) is 16.1 Å². The molecule has 0 spiro atoms. The molecule has 1 aromatic heterocycles. The van der Waals surface area contributed by atoms with Gasteiger partial charge >= 0.3 is 0 Å². The smallest absolute Gasteiger partial charge is 0.249 e. The Balaban J connectivity index is 2.43. The van der Waals surface area contributed by atoms with Crippen LogP contribution < -0.4 is 5.32 Å². The van der Waals surface area contributed by atoms with E-state index >= 15 is 0 Å². The fourth-order valence-electron chi connectivity index (χ4n) is 2.84. The quantitative estimate of drug-likeness (QED) is 0.906. The van der Waals surface area contributed by atoms with Crippen LogP contribution >= 0.6 is 0 Å². The highest BCUT2D eigenvalue weighted by Gasteiger charge is 2.53. The Morgan fingerprint density at radius 2 is 1.71 bits per heavy atom. The predicted molar refractivity (Wildman–Crippen MR) is 78.1 cm³/mol. The van der Waals surface area contributed by atoms with Crippen molar-refractivity contribution in [2.24, 2.45) is 0 Å². The van der Waals surface area contributed by atoms with Crippen molar-refractivity contribution in [3.8, 4) is 0 Å². The highest BCUT2D eigenvalue weighted by molar-refractivity contribution is 6.01. The largest absolute Gasteiger partial charge is 0.340 e. The molecule has 1 saturated heterocycles. The van der Waals surface area contributed by atoms with Crippen LogP contribution in [0.25, 0.3) is 0 Å². The summed E-state index contributed by atoms with van der Waals surface area (Å²) in [4.78, 5) is 35.4. The Kier molecular flexibility index (Phi) is 3.98. The van der Waals surface area contributed by atoms with Gasteiger partial charge in [0.15, 0.2) is 0 Å². The number of nitrogens with zero attached hydrogens (tertiary/aromatic N) is 3. The van der Waals surface area contributed by atoms with Gasteiger partial charge in [-0.1, -0.05) is 13.8 Å². The van der Waals surface area contributed by atoms with Gasteiger partial charge in [-0.25, -0.2) is 9.97 Å². The molecular formula is C15H22N4O2. The molecule has 21 heavy (non-hydrogen) atoms. The average Bonchev–Trinajstić information content (AvgIpc) is 2.46. The number of rotatable bonds is 4. The monoisotopic (exact) mass is 290 g/mol. The molecule has 1 aliphatic heterocycles. The summed E-state index contributed by atoms with van der Waals surface area (Å²) in [5.41, 5.74) is -1.73. The third kappa shape index (κ3) is 2.50. The fourth-order valence-corrected chi connectivity index (χ4v) is 2.84. The topological polar surface area (TPSA) is 75.2 Å². The molecule has 0 atom stereocenters. The van der Waals surface area contributed by atoms with E-state index in [1.807, 2.05) is 13.8 Å². The summed E-state index contributed by atoms with van der Waals surface area (Å²) in [6.07, 6.45) is 4.40. The number of hydrogen-bond donors (Lipinski definition) is 1. The van der Waals surface area contributed by atoms with E-state index < -0.39 is 11.1 Å². The molecule has 1 fully saturated rings. The zero-order valence-electron chi connectivity index (χ0n) is 13.0. The number of nitrogens with one attached hydrogen (secondary N) is 1. The van der Waals surface area contributed by atoms with E-state index in [9.17, 15) is 9.59 Å². The summed E-state index contributed by atoms with van der Waals surface area (Å²) in [5, 5.41) is 2.84. The first-order valence-electron chi connectivity index (χ1n) is 7.28. The van der Waals surface area contributed by atoms with Crippen molar-refractivity contribution in [2.75, 3.05) is 0 Å². The van der Waals surface area contributed by atoms with E-state index in [-0.39, 0.29) is 18.4 Å². The number of amides is 2. The fraction of sp³-hybridized carbons (Fsp3) is 0.600. The maximum atomic E-state index is 12.8. The van der Waals surface area contributed by atoms with Crippen LogP contribution in [-0.4, -0.2) is 37.8 Å². The van der Waals surface area contributed by atoms with Crippen LogP contribution in [0.1, 0.15) is 46.4 Å². The van der Waals surface area contributed by atoms with Gasteiger partial charge in [0.25, 0.3) is 0 Å². The van der Waals surface area contributed by atoms with Crippen molar-refractivity contribution in [2.45, 2.75) is 58.2 Å². The van der Waals surface area contributed by atoms with Crippen molar-refractivity contribution in [3.05, 3.63) is 24.3 Å².